The summed E-state index contributed by atoms with van der Waals surface area (Å²) in [6.45, 7) is 0. The molecule has 3 rings (SSSR count). The molecule has 0 atom stereocenters. The molecule has 19 heavy (non-hydrogen) atoms. The molecule has 5 heteroatoms. The Labute approximate surface area is 113 Å². The molecule has 0 amide bonds. The number of pyridine rings is 1. The van der Waals surface area contributed by atoms with Gasteiger partial charge in [-0.05, 0) is 24.3 Å². The second kappa shape index (κ2) is 4.78. The molecule has 0 saturated carbocycles. The predicted octanol–water partition coefficient (Wildman–Crippen LogP) is 3.41. The molecule has 0 saturated heterocycles. The number of nitrogens with one attached hydrogen (secondary N) is 1. The lowest BCUT2D eigenvalue weighted by atomic mass is 10.3. The zero-order valence-electron chi connectivity index (χ0n) is 9.83. The van der Waals surface area contributed by atoms with Crippen LogP contribution in [-0.4, -0.2) is 21.0 Å². The number of aromatic carboxylic acids is 1. The smallest absolute Gasteiger partial charge is 0.335 e. The third-order valence-corrected chi connectivity index (χ3v) is 3.57. The van der Waals surface area contributed by atoms with Gasteiger partial charge in [-0.3, -0.25) is 0 Å². The number of carboxylic acids is 1. The summed E-state index contributed by atoms with van der Waals surface area (Å²) in [4.78, 5) is 18.3. The molecule has 1 aromatic carbocycles. The Balaban J connectivity index is 1.92. The van der Waals surface area contributed by atoms with E-state index in [4.69, 9.17) is 5.11 Å². The number of carbonyl (C=O) groups is 1. The molecule has 2 aromatic heterocycles. The van der Waals surface area contributed by atoms with Gasteiger partial charge in [-0.15, -0.1) is 0 Å². The van der Waals surface area contributed by atoms with Crippen molar-refractivity contribution in [1.82, 2.24) is 9.97 Å². The average molecular weight is 270 g/mol. The lowest BCUT2D eigenvalue weighted by Crippen LogP contribution is -1.96. The van der Waals surface area contributed by atoms with Crippen LogP contribution in [0.3, 0.4) is 0 Å². The number of hydrogen-bond acceptors (Lipinski definition) is 3. The highest BCUT2D eigenvalue weighted by atomic mass is 32.2. The fraction of sp³-hybridized carbons (Fsp3) is 0. The van der Waals surface area contributed by atoms with Crippen LogP contribution in [0.15, 0.2) is 58.7 Å². The van der Waals surface area contributed by atoms with Crippen molar-refractivity contribution in [3.63, 3.8) is 0 Å². The van der Waals surface area contributed by atoms with Crippen LogP contribution < -0.4 is 0 Å². The molecule has 4 nitrogen and oxygen atoms in total. The third-order valence-electron chi connectivity index (χ3n) is 2.70. The number of rotatable bonds is 3. The first-order valence-corrected chi connectivity index (χ1v) is 6.49. The Morgan fingerprint density at radius 3 is 2.84 bits per heavy atom. The number of nitrogens with zero attached hydrogens (tertiary/aromatic N) is 1. The predicted molar refractivity (Wildman–Crippen MR) is 73.6 cm³/mol. The lowest BCUT2D eigenvalue weighted by molar-refractivity contribution is 0.0696. The molecule has 0 aliphatic heterocycles. The van der Waals surface area contributed by atoms with E-state index in [0.29, 0.717) is 5.03 Å². The van der Waals surface area contributed by atoms with Crippen LogP contribution in [0.5, 0.6) is 0 Å². The Morgan fingerprint density at radius 2 is 2.05 bits per heavy atom. The van der Waals surface area contributed by atoms with Gasteiger partial charge in [-0.2, -0.15) is 0 Å². The summed E-state index contributed by atoms with van der Waals surface area (Å²) >= 11 is 1.41. The number of benzene rings is 1. The van der Waals surface area contributed by atoms with E-state index >= 15 is 0 Å². The van der Waals surface area contributed by atoms with Crippen LogP contribution in [0.2, 0.25) is 0 Å². The van der Waals surface area contributed by atoms with Gasteiger partial charge < -0.3 is 10.1 Å². The number of H-pyrrole nitrogens is 1. The standard InChI is InChI=1S/C14H10N2O2S/c17-14(18)10-5-6-15-12(8-10)19-13-7-9-3-1-2-4-11(9)16-13/h1-8,16H,(H,17,18). The van der Waals surface area contributed by atoms with E-state index in [9.17, 15) is 4.79 Å². The van der Waals surface area contributed by atoms with Gasteiger partial charge in [0.25, 0.3) is 0 Å². The van der Waals surface area contributed by atoms with Crippen LogP contribution in [0, 0.1) is 0 Å². The molecule has 2 heterocycles. The summed E-state index contributed by atoms with van der Waals surface area (Å²) in [6.07, 6.45) is 1.51. The quantitative estimate of drug-likeness (QED) is 0.765. The van der Waals surface area contributed by atoms with Crippen LogP contribution in [0.4, 0.5) is 0 Å². The number of aromatic amines is 1. The molecule has 2 N–H and O–H groups in total. The van der Waals surface area contributed by atoms with Crippen molar-refractivity contribution in [2.45, 2.75) is 10.1 Å². The maximum absolute atomic E-state index is 10.9. The first-order chi connectivity index (χ1) is 9.22. The van der Waals surface area contributed by atoms with Crippen LogP contribution >= 0.6 is 11.8 Å². The van der Waals surface area contributed by atoms with Crippen molar-refractivity contribution in [2.75, 3.05) is 0 Å². The molecule has 0 fully saturated rings. The molecule has 0 bridgehead atoms. The second-order valence-corrected chi connectivity index (χ2v) is 5.07. The van der Waals surface area contributed by atoms with E-state index in [1.807, 2.05) is 30.3 Å². The summed E-state index contributed by atoms with van der Waals surface area (Å²) in [5.74, 6) is -0.944. The molecule has 0 aliphatic rings. The van der Waals surface area contributed by atoms with Crippen molar-refractivity contribution in [1.29, 1.82) is 0 Å². The van der Waals surface area contributed by atoms with Crippen LogP contribution in [0.25, 0.3) is 10.9 Å². The SMILES string of the molecule is O=C(O)c1ccnc(Sc2cc3ccccc3[nH]2)c1. The van der Waals surface area contributed by atoms with Gasteiger partial charge >= 0.3 is 5.97 Å². The Bertz CT molecular complexity index is 719. The highest BCUT2D eigenvalue weighted by Crippen LogP contribution is 2.28. The van der Waals surface area contributed by atoms with E-state index in [1.165, 1.54) is 24.0 Å². The average Bonchev–Trinajstić information content (AvgIpc) is 2.81. The first-order valence-electron chi connectivity index (χ1n) is 5.67. The number of aromatic nitrogens is 2. The highest BCUT2D eigenvalue weighted by molar-refractivity contribution is 7.99. The maximum Gasteiger partial charge on any atom is 0.335 e. The molecule has 0 radical (unpaired) electrons. The van der Waals surface area contributed by atoms with Crippen molar-refractivity contribution >= 4 is 28.6 Å². The summed E-state index contributed by atoms with van der Waals surface area (Å²) in [6, 6.07) is 13.0. The van der Waals surface area contributed by atoms with Crippen molar-refractivity contribution in [3.05, 3.63) is 54.2 Å². The monoisotopic (exact) mass is 270 g/mol. The number of carboxylic acid groups (broad SMARTS) is 1. The Morgan fingerprint density at radius 1 is 1.21 bits per heavy atom. The largest absolute Gasteiger partial charge is 0.478 e. The number of hydrogen-bond donors (Lipinski definition) is 2. The van der Waals surface area contributed by atoms with Gasteiger partial charge in [0, 0.05) is 17.1 Å². The summed E-state index contributed by atoms with van der Waals surface area (Å²) in [7, 11) is 0. The minimum Gasteiger partial charge on any atom is -0.478 e. The van der Waals surface area contributed by atoms with E-state index in [1.54, 1.807) is 6.07 Å². The van der Waals surface area contributed by atoms with Crippen molar-refractivity contribution in [3.8, 4) is 0 Å². The first kappa shape index (κ1) is 11.8. The highest BCUT2D eigenvalue weighted by Gasteiger charge is 2.07. The summed E-state index contributed by atoms with van der Waals surface area (Å²) in [5.41, 5.74) is 1.30. The number of fused-ring (bicyclic) bond motifs is 1. The van der Waals surface area contributed by atoms with E-state index < -0.39 is 5.97 Å². The Hall–Kier alpha value is -2.27. The van der Waals surface area contributed by atoms with Gasteiger partial charge in [0.05, 0.1) is 10.6 Å². The fourth-order valence-corrected chi connectivity index (χ4v) is 2.68. The molecule has 0 aliphatic carbocycles. The maximum atomic E-state index is 10.9. The molecular formula is C14H10N2O2S. The van der Waals surface area contributed by atoms with Gasteiger partial charge in [0.2, 0.25) is 0 Å². The van der Waals surface area contributed by atoms with Gasteiger partial charge in [-0.25, -0.2) is 9.78 Å². The van der Waals surface area contributed by atoms with Gasteiger partial charge in [-0.1, -0.05) is 30.0 Å². The molecule has 3 aromatic rings. The van der Waals surface area contributed by atoms with Gasteiger partial charge in [0.15, 0.2) is 0 Å². The fourth-order valence-electron chi connectivity index (χ4n) is 1.81. The van der Waals surface area contributed by atoms with Crippen molar-refractivity contribution in [2.24, 2.45) is 0 Å². The topological polar surface area (TPSA) is 66.0 Å². The number of para-hydroxylation sites is 1. The van der Waals surface area contributed by atoms with Crippen LogP contribution in [0.1, 0.15) is 10.4 Å². The van der Waals surface area contributed by atoms with E-state index in [0.717, 1.165) is 15.9 Å². The minimum atomic E-state index is -0.944. The molecule has 0 spiro atoms. The van der Waals surface area contributed by atoms with E-state index in [2.05, 4.69) is 9.97 Å². The normalized spacial score (nSPS) is 10.7. The molecule has 94 valence electrons. The molecular weight excluding hydrogens is 260 g/mol. The molecule has 0 unspecified atom stereocenters. The second-order valence-electron chi connectivity index (χ2n) is 4.01. The zero-order chi connectivity index (χ0) is 13.2. The minimum absolute atomic E-state index is 0.244. The lowest BCUT2D eigenvalue weighted by Gasteiger charge is -1.99. The van der Waals surface area contributed by atoms with E-state index in [-0.39, 0.29) is 5.56 Å². The van der Waals surface area contributed by atoms with Crippen molar-refractivity contribution < 1.29 is 9.90 Å². The Kier molecular flexibility index (Phi) is 2.97. The zero-order valence-corrected chi connectivity index (χ0v) is 10.6. The third kappa shape index (κ3) is 2.46. The van der Waals surface area contributed by atoms with Gasteiger partial charge in [0.1, 0.15) is 5.03 Å². The van der Waals surface area contributed by atoms with Crippen LogP contribution in [-0.2, 0) is 0 Å². The summed E-state index contributed by atoms with van der Waals surface area (Å²) < 4.78 is 0. The summed E-state index contributed by atoms with van der Waals surface area (Å²) in [5, 5.41) is 11.7.